The van der Waals surface area contributed by atoms with E-state index in [1.165, 1.54) is 0 Å². The minimum Gasteiger partial charge on any atom is -0.481 e. The Balaban J connectivity index is 2.49. The lowest BCUT2D eigenvalue weighted by Gasteiger charge is -2.46. The maximum absolute atomic E-state index is 13.0. The molecule has 1 atom stereocenters. The minimum atomic E-state index is -0.840. The van der Waals surface area contributed by atoms with Gasteiger partial charge in [-0.3, -0.25) is 9.69 Å². The largest absolute Gasteiger partial charge is 0.481 e. The van der Waals surface area contributed by atoms with Crippen LogP contribution in [0.15, 0.2) is 30.0 Å². The lowest BCUT2D eigenvalue weighted by molar-refractivity contribution is -0.137. The van der Waals surface area contributed by atoms with Crippen molar-refractivity contribution in [3.8, 4) is 0 Å². The Kier molecular flexibility index (Phi) is 8.63. The average Bonchev–Trinajstić information content (AvgIpc) is 2.70. The molecule has 1 aliphatic rings. The van der Waals surface area contributed by atoms with E-state index in [1.807, 2.05) is 45.2 Å². The second-order valence-electron chi connectivity index (χ2n) is 10.9. The molecule has 7 heteroatoms. The number of rotatable bonds is 10. The Bertz CT molecular complexity index is 904. The van der Waals surface area contributed by atoms with Crippen LogP contribution in [-0.2, 0) is 21.5 Å². The summed E-state index contributed by atoms with van der Waals surface area (Å²) in [6.45, 7) is 13.4. The quantitative estimate of drug-likeness (QED) is 0.433. The summed E-state index contributed by atoms with van der Waals surface area (Å²) in [5, 5.41) is 13.1. The number of methoxy groups -OCH3 is 1. The van der Waals surface area contributed by atoms with Crippen molar-refractivity contribution in [1.82, 2.24) is 10.2 Å². The second-order valence-corrected chi connectivity index (χ2v) is 11.3. The lowest BCUT2D eigenvalue weighted by Crippen LogP contribution is -2.56. The molecule has 0 fully saturated rings. The smallest absolute Gasteiger partial charge is 0.322 e. The molecule has 2 N–H and O–H groups in total. The number of nitrogens with one attached hydrogen (secondary N) is 1. The summed E-state index contributed by atoms with van der Waals surface area (Å²) in [7, 11) is 1.59. The number of carboxylic acid groups (broad SMARTS) is 1. The molecule has 0 bridgehead atoms. The van der Waals surface area contributed by atoms with Gasteiger partial charge < -0.3 is 15.2 Å². The molecule has 0 saturated carbocycles. The molecule has 1 aromatic rings. The highest BCUT2D eigenvalue weighted by molar-refractivity contribution is 6.31. The van der Waals surface area contributed by atoms with Crippen LogP contribution in [0.1, 0.15) is 71.9 Å². The monoisotopic (exact) mass is 478 g/mol. The number of aryl methyl sites for hydroxylation is 1. The molecule has 0 aliphatic carbocycles. The number of halogens is 1. The molecule has 2 amide bonds. The maximum atomic E-state index is 13.0. The van der Waals surface area contributed by atoms with Crippen molar-refractivity contribution in [3.63, 3.8) is 0 Å². The summed E-state index contributed by atoms with van der Waals surface area (Å²) < 4.78 is 5.16. The molecule has 1 unspecified atom stereocenters. The third-order valence-corrected chi connectivity index (χ3v) is 6.80. The summed E-state index contributed by atoms with van der Waals surface area (Å²) in [5.41, 5.74) is 1.80. The van der Waals surface area contributed by atoms with Crippen molar-refractivity contribution in [2.24, 2.45) is 10.8 Å². The minimum absolute atomic E-state index is 0.0406. The highest BCUT2D eigenvalue weighted by atomic mass is 35.5. The molecule has 0 radical (unpaired) electrons. The van der Waals surface area contributed by atoms with Gasteiger partial charge in [0.25, 0.3) is 0 Å². The van der Waals surface area contributed by atoms with Crippen LogP contribution in [0.2, 0.25) is 5.02 Å². The van der Waals surface area contributed by atoms with Gasteiger partial charge in [0.2, 0.25) is 0 Å². The summed E-state index contributed by atoms with van der Waals surface area (Å²) in [5.74, 6) is -0.840. The van der Waals surface area contributed by atoms with E-state index in [1.54, 1.807) is 12.0 Å². The summed E-state index contributed by atoms with van der Waals surface area (Å²) in [4.78, 5) is 25.9. The molecular weight excluding hydrogens is 440 g/mol. The fourth-order valence-electron chi connectivity index (χ4n) is 4.26. The third-order valence-electron chi connectivity index (χ3n) is 6.45. The summed E-state index contributed by atoms with van der Waals surface area (Å²) in [6.07, 6.45) is 4.24. The average molecular weight is 479 g/mol. The van der Waals surface area contributed by atoms with E-state index in [4.69, 9.17) is 16.3 Å². The maximum Gasteiger partial charge on any atom is 0.322 e. The van der Waals surface area contributed by atoms with Gasteiger partial charge in [-0.05, 0) is 59.8 Å². The summed E-state index contributed by atoms with van der Waals surface area (Å²) in [6, 6.07) is 5.78. The molecular formula is C26H39ClN2O4. The van der Waals surface area contributed by atoms with Gasteiger partial charge in [-0.2, -0.15) is 0 Å². The van der Waals surface area contributed by atoms with Crippen molar-refractivity contribution < 1.29 is 19.4 Å². The van der Waals surface area contributed by atoms with E-state index < -0.39 is 16.9 Å². The third kappa shape index (κ3) is 6.97. The number of amides is 2. The molecule has 1 aliphatic heterocycles. The van der Waals surface area contributed by atoms with Crippen LogP contribution < -0.4 is 5.32 Å². The molecule has 2 rings (SSSR count). The molecule has 6 nitrogen and oxygen atoms in total. The molecule has 33 heavy (non-hydrogen) atoms. The van der Waals surface area contributed by atoms with Crippen LogP contribution in [0.5, 0.6) is 0 Å². The SMILES string of the molecule is COCCN1C=C(C(C)(C)CCC(=O)O)C(C)(c2ccc(CCC(C)(C)C)c(Cl)c2)NC1=O. The first-order chi connectivity index (χ1) is 15.2. The number of aliphatic carboxylic acids is 1. The zero-order valence-corrected chi connectivity index (χ0v) is 21.8. The van der Waals surface area contributed by atoms with Crippen molar-refractivity contribution >= 4 is 23.6 Å². The Morgan fingerprint density at radius 2 is 1.88 bits per heavy atom. The van der Waals surface area contributed by atoms with E-state index >= 15 is 0 Å². The molecule has 1 aromatic carbocycles. The number of carbonyl (C=O) groups is 2. The van der Waals surface area contributed by atoms with Crippen LogP contribution >= 0.6 is 11.6 Å². The number of benzene rings is 1. The molecule has 1 heterocycles. The van der Waals surface area contributed by atoms with E-state index in [0.29, 0.717) is 24.6 Å². The van der Waals surface area contributed by atoms with Crippen LogP contribution in [0.3, 0.4) is 0 Å². The van der Waals surface area contributed by atoms with Gasteiger partial charge in [-0.15, -0.1) is 0 Å². The number of ether oxygens (including phenoxy) is 1. The van der Waals surface area contributed by atoms with Crippen molar-refractivity contribution in [1.29, 1.82) is 0 Å². The van der Waals surface area contributed by atoms with Crippen LogP contribution in [0.4, 0.5) is 4.79 Å². The number of carbonyl (C=O) groups excluding carboxylic acids is 1. The zero-order chi connectivity index (χ0) is 25.0. The second kappa shape index (κ2) is 10.5. The number of hydrogen-bond donors (Lipinski definition) is 2. The van der Waals surface area contributed by atoms with Gasteiger partial charge in [0.1, 0.15) is 0 Å². The van der Waals surface area contributed by atoms with Crippen molar-refractivity contribution in [3.05, 3.63) is 46.1 Å². The lowest BCUT2D eigenvalue weighted by atomic mass is 9.68. The normalized spacial score (nSPS) is 19.3. The van der Waals surface area contributed by atoms with Gasteiger partial charge in [0.15, 0.2) is 0 Å². The first kappa shape index (κ1) is 27.2. The Labute approximate surface area is 203 Å². The van der Waals surface area contributed by atoms with E-state index in [2.05, 4.69) is 26.1 Å². The Morgan fingerprint density at radius 1 is 1.21 bits per heavy atom. The summed E-state index contributed by atoms with van der Waals surface area (Å²) >= 11 is 6.70. The number of carboxylic acids is 1. The fraction of sp³-hybridized carbons (Fsp3) is 0.615. The fourth-order valence-corrected chi connectivity index (χ4v) is 4.53. The predicted octanol–water partition coefficient (Wildman–Crippen LogP) is 5.98. The van der Waals surface area contributed by atoms with Crippen LogP contribution in [0.25, 0.3) is 0 Å². The van der Waals surface area contributed by atoms with E-state index in [9.17, 15) is 14.7 Å². The number of nitrogens with zero attached hydrogens (tertiary/aromatic N) is 1. The first-order valence-electron chi connectivity index (χ1n) is 11.5. The standard InChI is InChI=1S/C26H39ClN2O4/c1-24(2,3)12-10-18-8-9-19(16-20(18)27)26(6)21(25(4,5)13-11-22(30)31)17-29(14-15-33-7)23(32)28-26/h8-9,16-17H,10-15H2,1-7H3,(H,28,32)(H,30,31). The van der Waals surface area contributed by atoms with Crippen molar-refractivity contribution in [2.45, 2.75) is 72.8 Å². The molecule has 184 valence electrons. The van der Waals surface area contributed by atoms with Crippen molar-refractivity contribution in [2.75, 3.05) is 20.3 Å². The highest BCUT2D eigenvalue weighted by Gasteiger charge is 2.44. The highest BCUT2D eigenvalue weighted by Crippen LogP contribution is 2.46. The first-order valence-corrected chi connectivity index (χ1v) is 11.9. The van der Waals surface area contributed by atoms with E-state index in [0.717, 1.165) is 29.5 Å². The molecule has 0 saturated heterocycles. The van der Waals surface area contributed by atoms with Gasteiger partial charge >= 0.3 is 12.0 Å². The molecule has 0 aromatic heterocycles. The van der Waals surface area contributed by atoms with Crippen LogP contribution in [0, 0.1) is 10.8 Å². The van der Waals surface area contributed by atoms with Crippen LogP contribution in [-0.4, -0.2) is 42.3 Å². The van der Waals surface area contributed by atoms with Gasteiger partial charge in [0.05, 0.1) is 18.7 Å². The Morgan fingerprint density at radius 3 is 2.42 bits per heavy atom. The number of hydrogen-bond acceptors (Lipinski definition) is 3. The van der Waals surface area contributed by atoms with E-state index in [-0.39, 0.29) is 17.9 Å². The zero-order valence-electron chi connectivity index (χ0n) is 21.0. The number of urea groups is 1. The topological polar surface area (TPSA) is 78.9 Å². The van der Waals surface area contributed by atoms with Gasteiger partial charge in [-0.1, -0.05) is 58.4 Å². The van der Waals surface area contributed by atoms with Gasteiger partial charge in [-0.25, -0.2) is 4.79 Å². The molecule has 0 spiro atoms. The predicted molar refractivity (Wildman–Crippen MR) is 132 cm³/mol. The van der Waals surface area contributed by atoms with Gasteiger partial charge in [0, 0.05) is 24.8 Å². The Hall–Kier alpha value is -2.05.